The highest BCUT2D eigenvalue weighted by molar-refractivity contribution is 6.13. The summed E-state index contributed by atoms with van der Waals surface area (Å²) in [7, 11) is 0. The smallest absolute Gasteiger partial charge is 0.143 e. The van der Waals surface area contributed by atoms with E-state index in [0.717, 1.165) is 44.9 Å². The van der Waals surface area contributed by atoms with Gasteiger partial charge in [-0.25, -0.2) is 0 Å². The Morgan fingerprint density at radius 1 is 0.429 bits per heavy atom. The van der Waals surface area contributed by atoms with Crippen LogP contribution in [0.4, 0.5) is 17.1 Å². The van der Waals surface area contributed by atoms with Crippen molar-refractivity contribution in [3.8, 4) is 39.1 Å². The molecule has 1 atom stereocenters. The molecule has 0 aliphatic heterocycles. The van der Waals surface area contributed by atoms with Crippen LogP contribution in [0, 0.1) is 20.8 Å². The monoisotopic (exact) mass is 811 g/mol. The first-order valence-corrected chi connectivity index (χ1v) is 21.8. The molecule has 0 amide bonds. The highest BCUT2D eigenvalue weighted by atomic mass is 16.3. The van der Waals surface area contributed by atoms with Crippen LogP contribution < -0.4 is 4.90 Å². The van der Waals surface area contributed by atoms with Crippen LogP contribution in [0.2, 0.25) is 0 Å². The van der Waals surface area contributed by atoms with E-state index >= 15 is 0 Å². The number of hydrogen-bond acceptors (Lipinski definition) is 2. The third-order valence-corrected chi connectivity index (χ3v) is 13.1. The van der Waals surface area contributed by atoms with Crippen LogP contribution in [0.15, 0.2) is 218 Å². The second-order valence-corrected chi connectivity index (χ2v) is 16.9. The van der Waals surface area contributed by atoms with Crippen LogP contribution in [0.5, 0.6) is 5.75 Å². The number of anilines is 3. The lowest BCUT2D eigenvalue weighted by molar-refractivity contribution is 0.472. The first-order chi connectivity index (χ1) is 30.8. The lowest BCUT2D eigenvalue weighted by atomic mass is 9.72. The Bertz CT molecular complexity index is 3250. The van der Waals surface area contributed by atoms with Gasteiger partial charge in [0.05, 0.1) is 5.69 Å². The summed E-state index contributed by atoms with van der Waals surface area (Å²) in [6.45, 7) is 8.71. The predicted molar refractivity (Wildman–Crippen MR) is 267 cm³/mol. The molecule has 0 radical (unpaired) electrons. The van der Waals surface area contributed by atoms with E-state index in [9.17, 15) is 5.11 Å². The molecule has 0 bridgehead atoms. The highest BCUT2D eigenvalue weighted by Crippen LogP contribution is 2.59. The van der Waals surface area contributed by atoms with Crippen molar-refractivity contribution in [2.45, 2.75) is 33.1 Å². The lowest BCUT2D eigenvalue weighted by Crippen LogP contribution is -2.24. The van der Waals surface area contributed by atoms with Crippen molar-refractivity contribution in [1.29, 1.82) is 0 Å². The first-order valence-electron chi connectivity index (χ1n) is 21.8. The van der Waals surface area contributed by atoms with Crippen molar-refractivity contribution in [2.24, 2.45) is 0 Å². The Morgan fingerprint density at radius 2 is 0.937 bits per heavy atom. The molecule has 0 saturated carbocycles. The second-order valence-electron chi connectivity index (χ2n) is 16.9. The van der Waals surface area contributed by atoms with Crippen LogP contribution >= 0.6 is 0 Å². The van der Waals surface area contributed by atoms with E-state index in [1.807, 2.05) is 24.3 Å². The Hall–Kier alpha value is -7.68. The summed E-state index contributed by atoms with van der Waals surface area (Å²) in [6.07, 6.45) is 0. The quantitative estimate of drug-likeness (QED) is 0.169. The van der Waals surface area contributed by atoms with Crippen LogP contribution in [0.1, 0.15) is 40.3 Å². The fraction of sp³-hybridized carbons (Fsp3) is 0.0820. The number of phenolic OH excluding ortho intramolecular Hbond substituents is 1. The third-order valence-electron chi connectivity index (χ3n) is 13.1. The summed E-state index contributed by atoms with van der Waals surface area (Å²) >= 11 is 0. The molecule has 11 rings (SSSR count). The van der Waals surface area contributed by atoms with Crippen molar-refractivity contribution in [2.75, 3.05) is 4.90 Å². The largest absolute Gasteiger partial charge is 0.505 e. The van der Waals surface area contributed by atoms with E-state index in [-0.39, 0.29) is 0 Å². The molecule has 10 aromatic carbocycles. The minimum atomic E-state index is -0.422. The fourth-order valence-electron chi connectivity index (χ4n) is 10.0. The van der Waals surface area contributed by atoms with E-state index in [1.54, 1.807) is 0 Å². The van der Waals surface area contributed by atoms with Crippen molar-refractivity contribution >= 4 is 38.6 Å². The zero-order chi connectivity index (χ0) is 43.1. The zero-order valence-electron chi connectivity index (χ0n) is 36.2. The molecule has 0 fully saturated rings. The molecule has 2 nitrogen and oxygen atoms in total. The molecule has 2 heteroatoms. The van der Waals surface area contributed by atoms with Gasteiger partial charge < -0.3 is 10.0 Å². The Kier molecular flexibility index (Phi) is 10.2. The molecule has 10 aromatic rings. The van der Waals surface area contributed by atoms with Gasteiger partial charge in [0, 0.05) is 22.4 Å². The number of phenols is 1. The normalized spacial score (nSPS) is 13.8. The second kappa shape index (κ2) is 16.3. The van der Waals surface area contributed by atoms with Crippen molar-refractivity contribution in [3.05, 3.63) is 252 Å². The maximum Gasteiger partial charge on any atom is 0.143 e. The molecule has 0 heterocycles. The van der Waals surface area contributed by atoms with Gasteiger partial charge in [-0.2, -0.15) is 0 Å². The van der Waals surface area contributed by atoms with Crippen molar-refractivity contribution < 1.29 is 5.11 Å². The molecule has 1 N–H and O–H groups in total. The van der Waals surface area contributed by atoms with Gasteiger partial charge in [0.15, 0.2) is 0 Å². The summed E-state index contributed by atoms with van der Waals surface area (Å²) in [6, 6.07) is 77.5. The predicted octanol–water partition coefficient (Wildman–Crippen LogP) is 16.4. The molecule has 0 saturated heterocycles. The highest BCUT2D eigenvalue weighted by Gasteiger charge is 2.44. The molecule has 0 spiro atoms. The average Bonchev–Trinajstić information content (AvgIpc) is 3.62. The number of aromatic hydroxyl groups is 1. The zero-order valence-corrected chi connectivity index (χ0v) is 36.2. The van der Waals surface area contributed by atoms with Gasteiger partial charge in [0.25, 0.3) is 0 Å². The van der Waals surface area contributed by atoms with Gasteiger partial charge >= 0.3 is 0 Å². The van der Waals surface area contributed by atoms with E-state index in [4.69, 9.17) is 0 Å². The van der Waals surface area contributed by atoms with Crippen molar-refractivity contribution in [3.63, 3.8) is 0 Å². The summed E-state index contributed by atoms with van der Waals surface area (Å²) < 4.78 is 0. The summed E-state index contributed by atoms with van der Waals surface area (Å²) in [4.78, 5) is 2.25. The van der Waals surface area contributed by atoms with E-state index in [2.05, 4.69) is 227 Å². The molecular weight excluding hydrogens is 763 g/mol. The van der Waals surface area contributed by atoms with E-state index < -0.39 is 5.41 Å². The number of rotatable bonds is 6. The van der Waals surface area contributed by atoms with Gasteiger partial charge in [0.2, 0.25) is 0 Å². The van der Waals surface area contributed by atoms with Gasteiger partial charge in [-0.15, -0.1) is 0 Å². The maximum absolute atomic E-state index is 12.5. The standard InChI is InChI=1S/C54H41NO.C7H8/c1-35-50-47-24-14-15-25-49(47)54(3,41-19-8-5-9-20-41)51(50)36(2)52(53(35)56)55(42-30-26-38(27-31-42)37-16-6-4-7-17-37)43-32-28-39(29-33-43)48-34-40-18-10-11-21-44(40)45-22-12-13-23-46(45)48;1-7-5-3-2-4-6-7/h4-34,56H,1-3H3;2-6H,1H3. The fourth-order valence-corrected chi connectivity index (χ4v) is 10.0. The topological polar surface area (TPSA) is 23.5 Å². The molecule has 1 aliphatic carbocycles. The number of nitrogens with zero attached hydrogens (tertiary/aromatic N) is 1. The summed E-state index contributed by atoms with van der Waals surface area (Å²) in [5.74, 6) is 0.296. The van der Waals surface area contributed by atoms with E-state index in [1.165, 1.54) is 60.5 Å². The van der Waals surface area contributed by atoms with Crippen molar-refractivity contribution in [1.82, 2.24) is 0 Å². The van der Waals surface area contributed by atoms with Crippen LogP contribution in [-0.2, 0) is 5.41 Å². The Balaban J connectivity index is 0.000000616. The molecular formula is C61H49NO. The maximum atomic E-state index is 12.5. The molecule has 304 valence electrons. The number of fused-ring (bicyclic) bond motifs is 6. The Morgan fingerprint density at radius 3 is 1.57 bits per heavy atom. The van der Waals surface area contributed by atoms with Gasteiger partial charge in [-0.05, 0) is 135 Å². The first kappa shape index (κ1) is 39.5. The minimum absolute atomic E-state index is 0.296. The Labute approximate surface area is 371 Å². The number of hydrogen-bond donors (Lipinski definition) is 1. The summed E-state index contributed by atoms with van der Waals surface area (Å²) in [5.41, 5.74) is 16.3. The SMILES string of the molecule is Cc1c(O)c(N(c2ccc(-c3ccccc3)cc2)c2ccc(-c3cc4ccccc4c4ccccc34)cc2)c(C)c2c1-c1ccccc1C2(C)c1ccccc1.Cc1ccccc1. The lowest BCUT2D eigenvalue weighted by Gasteiger charge is -2.34. The van der Waals surface area contributed by atoms with Gasteiger partial charge in [-0.1, -0.05) is 194 Å². The van der Waals surface area contributed by atoms with Gasteiger partial charge in [0.1, 0.15) is 5.75 Å². The average molecular weight is 812 g/mol. The van der Waals surface area contributed by atoms with Gasteiger partial charge in [-0.3, -0.25) is 0 Å². The molecule has 63 heavy (non-hydrogen) atoms. The molecule has 1 unspecified atom stereocenters. The summed E-state index contributed by atoms with van der Waals surface area (Å²) in [5, 5.41) is 17.5. The minimum Gasteiger partial charge on any atom is -0.505 e. The molecule has 1 aliphatic rings. The van der Waals surface area contributed by atoms with E-state index in [0.29, 0.717) is 5.75 Å². The van der Waals surface area contributed by atoms with Crippen LogP contribution in [0.3, 0.4) is 0 Å². The van der Waals surface area contributed by atoms with Crippen LogP contribution in [0.25, 0.3) is 54.9 Å². The van der Waals surface area contributed by atoms with Crippen LogP contribution in [-0.4, -0.2) is 5.11 Å². The number of benzene rings is 10. The third kappa shape index (κ3) is 6.85. The molecule has 0 aromatic heterocycles. The number of aryl methyl sites for hydroxylation is 1.